The molecule has 11 nitrogen and oxygen atoms in total. The van der Waals surface area contributed by atoms with E-state index in [-0.39, 0.29) is 36.1 Å². The third-order valence-electron chi connectivity index (χ3n) is 6.13. The van der Waals surface area contributed by atoms with Crippen molar-refractivity contribution in [3.63, 3.8) is 0 Å². The van der Waals surface area contributed by atoms with Crippen molar-refractivity contribution in [3.05, 3.63) is 76.1 Å². The lowest BCUT2D eigenvalue weighted by Crippen LogP contribution is -2.25. The number of aromatic nitrogens is 2. The molecule has 1 aliphatic heterocycles. The number of rotatable bonds is 9. The first-order valence-electron chi connectivity index (χ1n) is 12.1. The van der Waals surface area contributed by atoms with E-state index in [2.05, 4.69) is 10.3 Å². The van der Waals surface area contributed by atoms with Crippen LogP contribution in [0.25, 0.3) is 10.9 Å². The molecule has 5 rings (SSSR count). The predicted molar refractivity (Wildman–Crippen MR) is 148 cm³/mol. The van der Waals surface area contributed by atoms with Gasteiger partial charge in [-0.15, -0.1) is 0 Å². The van der Waals surface area contributed by atoms with E-state index in [1.54, 1.807) is 36.4 Å². The molecular formula is C28H25N3O8S. The number of carbonyl (C=O) groups excluding carboxylic acids is 2. The lowest BCUT2D eigenvalue weighted by Gasteiger charge is -2.15. The summed E-state index contributed by atoms with van der Waals surface area (Å²) in [6.45, 7) is 0.307. The van der Waals surface area contributed by atoms with Crippen molar-refractivity contribution in [2.24, 2.45) is 0 Å². The van der Waals surface area contributed by atoms with Gasteiger partial charge in [0, 0.05) is 6.07 Å². The predicted octanol–water partition coefficient (Wildman–Crippen LogP) is 3.71. The monoisotopic (exact) mass is 563 g/mol. The van der Waals surface area contributed by atoms with Gasteiger partial charge in [0.05, 0.1) is 55.8 Å². The number of ether oxygens (including phenoxy) is 5. The number of benzene rings is 3. The number of carbonyl (C=O) groups is 2. The molecule has 0 aliphatic carbocycles. The molecule has 1 aliphatic rings. The fourth-order valence-corrected chi connectivity index (χ4v) is 4.93. The lowest BCUT2D eigenvalue weighted by molar-refractivity contribution is -0.113. The zero-order chi connectivity index (χ0) is 28.2. The molecule has 4 aromatic rings. The molecule has 1 aromatic heterocycles. The number of anilines is 1. The summed E-state index contributed by atoms with van der Waals surface area (Å²) in [4.78, 5) is 43.3. The number of hydrogen-bond acceptors (Lipinski definition) is 10. The second-order valence-corrected chi connectivity index (χ2v) is 9.54. The van der Waals surface area contributed by atoms with Gasteiger partial charge in [0.2, 0.25) is 12.7 Å². The second kappa shape index (κ2) is 11.6. The summed E-state index contributed by atoms with van der Waals surface area (Å²) in [6.07, 6.45) is 0. The van der Waals surface area contributed by atoms with Gasteiger partial charge in [-0.2, -0.15) is 0 Å². The Morgan fingerprint density at radius 1 is 1.00 bits per heavy atom. The molecule has 0 saturated heterocycles. The largest absolute Gasteiger partial charge is 0.497 e. The average molecular weight is 564 g/mol. The number of esters is 1. The van der Waals surface area contributed by atoms with Crippen LogP contribution < -0.4 is 29.8 Å². The number of nitrogens with one attached hydrogen (secondary N) is 1. The minimum absolute atomic E-state index is 0.0506. The molecule has 206 valence electrons. The number of nitrogens with zero attached hydrogens (tertiary/aromatic N) is 2. The van der Waals surface area contributed by atoms with Crippen LogP contribution in [0, 0.1) is 0 Å². The van der Waals surface area contributed by atoms with Crippen molar-refractivity contribution >= 4 is 40.2 Å². The lowest BCUT2D eigenvalue weighted by atomic mass is 10.1. The van der Waals surface area contributed by atoms with Crippen LogP contribution in [0.3, 0.4) is 0 Å². The number of fused-ring (bicyclic) bond motifs is 2. The van der Waals surface area contributed by atoms with E-state index in [9.17, 15) is 14.4 Å². The van der Waals surface area contributed by atoms with Gasteiger partial charge in [-0.25, -0.2) is 9.78 Å². The van der Waals surface area contributed by atoms with Gasteiger partial charge in [0.15, 0.2) is 16.7 Å². The third-order valence-corrected chi connectivity index (χ3v) is 7.11. The van der Waals surface area contributed by atoms with Crippen molar-refractivity contribution in [2.75, 3.05) is 39.2 Å². The Balaban J connectivity index is 1.46. The molecule has 1 N–H and O–H groups in total. The fourth-order valence-electron chi connectivity index (χ4n) is 4.14. The van der Waals surface area contributed by atoms with Crippen molar-refractivity contribution in [1.29, 1.82) is 0 Å². The molecule has 0 spiro atoms. The van der Waals surface area contributed by atoms with Crippen LogP contribution in [0.1, 0.15) is 15.9 Å². The number of hydrogen-bond donors (Lipinski definition) is 1. The van der Waals surface area contributed by atoms with E-state index >= 15 is 0 Å². The summed E-state index contributed by atoms with van der Waals surface area (Å²) < 4.78 is 27.7. The third kappa shape index (κ3) is 5.52. The molecule has 0 fully saturated rings. The van der Waals surface area contributed by atoms with E-state index in [4.69, 9.17) is 23.7 Å². The van der Waals surface area contributed by atoms with Gasteiger partial charge >= 0.3 is 5.97 Å². The smallest absolute Gasteiger partial charge is 0.337 e. The fraction of sp³-hybridized carbons (Fsp3) is 0.214. The van der Waals surface area contributed by atoms with Gasteiger partial charge in [-0.1, -0.05) is 17.8 Å². The maximum absolute atomic E-state index is 13.6. The number of methoxy groups -OCH3 is 3. The number of thioether (sulfide) groups is 1. The average Bonchev–Trinajstić information content (AvgIpc) is 3.45. The molecule has 40 heavy (non-hydrogen) atoms. The molecule has 0 unspecified atom stereocenters. The molecule has 1 amide bonds. The quantitative estimate of drug-likeness (QED) is 0.183. The van der Waals surface area contributed by atoms with Gasteiger partial charge in [0.1, 0.15) is 11.5 Å². The van der Waals surface area contributed by atoms with E-state index in [0.29, 0.717) is 44.7 Å². The Bertz CT molecular complexity index is 1670. The molecule has 2 heterocycles. The van der Waals surface area contributed by atoms with Crippen molar-refractivity contribution in [2.45, 2.75) is 11.7 Å². The Hall–Kier alpha value is -4.71. The summed E-state index contributed by atoms with van der Waals surface area (Å²) in [6, 6.07) is 15.0. The second-order valence-electron chi connectivity index (χ2n) is 8.60. The van der Waals surface area contributed by atoms with Gasteiger partial charge in [0.25, 0.3) is 5.56 Å². The normalized spacial score (nSPS) is 11.8. The van der Waals surface area contributed by atoms with Crippen LogP contribution in [0.4, 0.5) is 5.69 Å². The van der Waals surface area contributed by atoms with Crippen LogP contribution in [-0.2, 0) is 16.1 Å². The highest BCUT2D eigenvalue weighted by Gasteiger charge is 2.19. The first-order chi connectivity index (χ1) is 19.4. The molecule has 0 atom stereocenters. The van der Waals surface area contributed by atoms with Gasteiger partial charge in [-0.3, -0.25) is 14.2 Å². The Morgan fingerprint density at radius 3 is 2.60 bits per heavy atom. The van der Waals surface area contributed by atoms with E-state index in [1.165, 1.54) is 38.0 Å². The molecule has 0 saturated carbocycles. The summed E-state index contributed by atoms with van der Waals surface area (Å²) in [5.41, 5.74) is 1.51. The van der Waals surface area contributed by atoms with Crippen LogP contribution in [0.15, 0.2) is 64.5 Å². The minimum atomic E-state index is -0.546. The summed E-state index contributed by atoms with van der Waals surface area (Å²) in [5, 5.41) is 3.44. The van der Waals surface area contributed by atoms with E-state index in [0.717, 1.165) is 17.3 Å². The van der Waals surface area contributed by atoms with Crippen LogP contribution in [-0.4, -0.2) is 55.3 Å². The maximum Gasteiger partial charge on any atom is 0.337 e. The topological polar surface area (TPSA) is 127 Å². The molecule has 0 radical (unpaired) electrons. The Kier molecular flexibility index (Phi) is 7.78. The van der Waals surface area contributed by atoms with Crippen LogP contribution in [0.2, 0.25) is 0 Å². The summed E-state index contributed by atoms with van der Waals surface area (Å²) >= 11 is 1.09. The van der Waals surface area contributed by atoms with Gasteiger partial charge in [-0.05, 0) is 48.0 Å². The summed E-state index contributed by atoms with van der Waals surface area (Å²) in [7, 11) is 4.31. The highest BCUT2D eigenvalue weighted by Crippen LogP contribution is 2.33. The van der Waals surface area contributed by atoms with E-state index in [1.807, 2.05) is 6.07 Å². The first kappa shape index (κ1) is 26.9. The Labute approximate surface area is 233 Å². The maximum atomic E-state index is 13.6. The zero-order valence-corrected chi connectivity index (χ0v) is 22.7. The highest BCUT2D eigenvalue weighted by molar-refractivity contribution is 7.99. The molecular weight excluding hydrogens is 538 g/mol. The molecule has 0 bridgehead atoms. The van der Waals surface area contributed by atoms with E-state index < -0.39 is 5.97 Å². The van der Waals surface area contributed by atoms with Gasteiger partial charge < -0.3 is 29.0 Å². The highest BCUT2D eigenvalue weighted by atomic mass is 32.2. The zero-order valence-electron chi connectivity index (χ0n) is 21.9. The first-order valence-corrected chi connectivity index (χ1v) is 13.0. The standard InChI is InChI=1S/C28H25N3O8S/c1-35-18-6-8-20(23(12-18)36-2)29-25(32)14-40-28-30-21-11-17(27(34)37-3)5-7-19(21)26(33)31(28)13-16-4-9-22-24(10-16)39-15-38-22/h4-12H,13-15H2,1-3H3,(H,29,32). The van der Waals surface area contributed by atoms with Crippen molar-refractivity contribution in [3.8, 4) is 23.0 Å². The Morgan fingerprint density at radius 2 is 1.82 bits per heavy atom. The van der Waals surface area contributed by atoms with Crippen LogP contribution in [0.5, 0.6) is 23.0 Å². The van der Waals surface area contributed by atoms with Crippen molar-refractivity contribution < 1.29 is 33.3 Å². The number of amides is 1. The molecule has 3 aromatic carbocycles. The minimum Gasteiger partial charge on any atom is -0.497 e. The molecule has 12 heteroatoms. The SMILES string of the molecule is COC(=O)c1ccc2c(=O)n(Cc3ccc4c(c3)OCO4)c(SCC(=O)Nc3ccc(OC)cc3OC)nc2c1. The van der Waals surface area contributed by atoms with Crippen LogP contribution >= 0.6 is 11.8 Å². The van der Waals surface area contributed by atoms with Crippen molar-refractivity contribution in [1.82, 2.24) is 9.55 Å². The summed E-state index contributed by atoms with van der Waals surface area (Å²) in [5.74, 6) is 1.31.